The van der Waals surface area contributed by atoms with Crippen LogP contribution in [0.25, 0.3) is 6.08 Å². The summed E-state index contributed by atoms with van der Waals surface area (Å²) in [5.74, 6) is -0.113. The highest BCUT2D eigenvalue weighted by atomic mass is 32.1. The summed E-state index contributed by atoms with van der Waals surface area (Å²) < 4.78 is 12.6. The summed E-state index contributed by atoms with van der Waals surface area (Å²) in [6.07, 6.45) is 3.88. The molecular weight excluding hydrogens is 472 g/mol. The number of esters is 1. The number of aromatic nitrogens is 1. The molecular formula is C25H24N2O5S2. The van der Waals surface area contributed by atoms with Crippen molar-refractivity contribution in [2.45, 2.75) is 26.3 Å². The predicted molar refractivity (Wildman–Crippen MR) is 133 cm³/mol. The van der Waals surface area contributed by atoms with Crippen LogP contribution >= 0.6 is 22.7 Å². The number of hydrogen-bond acceptors (Lipinski definition) is 8. The number of phenols is 1. The van der Waals surface area contributed by atoms with Crippen molar-refractivity contribution in [2.24, 2.45) is 4.99 Å². The zero-order chi connectivity index (χ0) is 24.4. The fourth-order valence-electron chi connectivity index (χ4n) is 3.90. The van der Waals surface area contributed by atoms with Crippen LogP contribution in [0.15, 0.2) is 63.4 Å². The molecule has 0 saturated heterocycles. The molecule has 0 bridgehead atoms. The van der Waals surface area contributed by atoms with E-state index in [2.05, 4.69) is 11.6 Å². The van der Waals surface area contributed by atoms with Gasteiger partial charge in [0.1, 0.15) is 6.04 Å². The average molecular weight is 497 g/mol. The number of carbonyl (C=O) groups excluding carboxylic acids is 1. The lowest BCUT2D eigenvalue weighted by Gasteiger charge is -2.23. The molecule has 0 saturated carbocycles. The maximum absolute atomic E-state index is 13.6. The summed E-state index contributed by atoms with van der Waals surface area (Å²) >= 11 is 2.72. The molecule has 1 atom stereocenters. The third-order valence-corrected chi connectivity index (χ3v) is 7.30. The molecule has 3 aromatic rings. The van der Waals surface area contributed by atoms with Crippen molar-refractivity contribution < 1.29 is 19.4 Å². The minimum absolute atomic E-state index is 0.0495. The summed E-state index contributed by atoms with van der Waals surface area (Å²) in [7, 11) is 1.48. The molecule has 0 spiro atoms. The van der Waals surface area contributed by atoms with Crippen LogP contribution in [0.5, 0.6) is 11.5 Å². The van der Waals surface area contributed by atoms with Gasteiger partial charge in [-0.3, -0.25) is 9.36 Å². The second kappa shape index (κ2) is 9.82. The lowest BCUT2D eigenvalue weighted by molar-refractivity contribution is -0.139. The number of carbonyl (C=O) groups is 1. The predicted octanol–water partition coefficient (Wildman–Crippen LogP) is 3.30. The summed E-state index contributed by atoms with van der Waals surface area (Å²) in [6, 6.07) is 6.65. The Labute approximate surface area is 204 Å². The first kappa shape index (κ1) is 23.7. The van der Waals surface area contributed by atoms with E-state index in [4.69, 9.17) is 9.47 Å². The number of phenolic OH excluding ortho intramolecular Hbond substituents is 1. The van der Waals surface area contributed by atoms with Gasteiger partial charge in [0.05, 0.1) is 29.5 Å². The monoisotopic (exact) mass is 496 g/mol. The molecule has 0 radical (unpaired) electrons. The van der Waals surface area contributed by atoms with Gasteiger partial charge in [0.2, 0.25) is 0 Å². The molecule has 3 heterocycles. The number of ether oxygens (including phenoxy) is 2. The Morgan fingerprint density at radius 1 is 1.38 bits per heavy atom. The van der Waals surface area contributed by atoms with Crippen LogP contribution in [0, 0.1) is 0 Å². The van der Waals surface area contributed by atoms with Crippen LogP contribution < -0.4 is 19.6 Å². The van der Waals surface area contributed by atoms with Crippen LogP contribution in [0.3, 0.4) is 0 Å². The van der Waals surface area contributed by atoms with E-state index < -0.39 is 12.0 Å². The molecule has 4 rings (SSSR count). The van der Waals surface area contributed by atoms with E-state index in [1.54, 1.807) is 42.7 Å². The summed E-state index contributed by atoms with van der Waals surface area (Å²) in [6.45, 7) is 7.47. The highest BCUT2D eigenvalue weighted by Crippen LogP contribution is 2.34. The first-order valence-corrected chi connectivity index (χ1v) is 12.3. The lowest BCUT2D eigenvalue weighted by Crippen LogP contribution is -2.39. The number of aromatic hydroxyl groups is 1. The third-order valence-electron chi connectivity index (χ3n) is 5.39. The Hall–Kier alpha value is -3.43. The van der Waals surface area contributed by atoms with Crippen LogP contribution in [0.4, 0.5) is 0 Å². The first-order chi connectivity index (χ1) is 16.4. The van der Waals surface area contributed by atoms with Gasteiger partial charge in [-0.1, -0.05) is 23.5 Å². The van der Waals surface area contributed by atoms with Crippen molar-refractivity contribution >= 4 is 34.7 Å². The second-order valence-corrected chi connectivity index (χ2v) is 9.53. The number of nitrogens with zero attached hydrogens (tertiary/aromatic N) is 2. The van der Waals surface area contributed by atoms with Gasteiger partial charge in [-0.05, 0) is 55.5 Å². The number of allylic oxidation sites excluding steroid dienone is 2. The molecule has 1 aromatic carbocycles. The van der Waals surface area contributed by atoms with E-state index in [1.165, 1.54) is 29.8 Å². The fraction of sp³-hybridized carbons (Fsp3) is 0.240. The van der Waals surface area contributed by atoms with Gasteiger partial charge in [0.25, 0.3) is 5.56 Å². The number of benzene rings is 1. The number of rotatable bonds is 7. The molecule has 7 nitrogen and oxygen atoms in total. The topological polar surface area (TPSA) is 90.1 Å². The summed E-state index contributed by atoms with van der Waals surface area (Å²) in [4.78, 5) is 32.4. The van der Waals surface area contributed by atoms with Gasteiger partial charge in [-0.2, -0.15) is 0 Å². The van der Waals surface area contributed by atoms with Gasteiger partial charge in [-0.15, -0.1) is 17.9 Å². The lowest BCUT2D eigenvalue weighted by atomic mass is 10.0. The van der Waals surface area contributed by atoms with Gasteiger partial charge < -0.3 is 14.6 Å². The van der Waals surface area contributed by atoms with Crippen molar-refractivity contribution in [3.63, 3.8) is 0 Å². The van der Waals surface area contributed by atoms with E-state index in [-0.39, 0.29) is 17.9 Å². The van der Waals surface area contributed by atoms with Crippen molar-refractivity contribution in [3.8, 4) is 11.5 Å². The molecule has 0 aliphatic carbocycles. The Morgan fingerprint density at radius 3 is 2.82 bits per heavy atom. The summed E-state index contributed by atoms with van der Waals surface area (Å²) in [5, 5.41) is 12.3. The number of thiophene rings is 1. The van der Waals surface area contributed by atoms with Crippen LogP contribution in [0.1, 0.15) is 35.9 Å². The molecule has 34 heavy (non-hydrogen) atoms. The average Bonchev–Trinajstić information content (AvgIpc) is 3.44. The fourth-order valence-corrected chi connectivity index (χ4v) is 5.77. The van der Waals surface area contributed by atoms with Gasteiger partial charge in [-0.25, -0.2) is 9.79 Å². The number of hydrogen-bond donors (Lipinski definition) is 1. The van der Waals surface area contributed by atoms with Crippen LogP contribution in [-0.2, 0) is 16.0 Å². The minimum Gasteiger partial charge on any atom is -0.504 e. The van der Waals surface area contributed by atoms with E-state index in [9.17, 15) is 14.7 Å². The molecule has 1 N–H and O–H groups in total. The Bertz CT molecular complexity index is 1460. The van der Waals surface area contributed by atoms with Crippen molar-refractivity contribution in [1.29, 1.82) is 0 Å². The molecule has 0 fully saturated rings. The molecule has 1 unspecified atom stereocenters. The highest BCUT2D eigenvalue weighted by Gasteiger charge is 2.33. The number of fused-ring (bicyclic) bond motifs is 1. The van der Waals surface area contributed by atoms with Gasteiger partial charge >= 0.3 is 5.97 Å². The summed E-state index contributed by atoms with van der Waals surface area (Å²) in [5.41, 5.74) is 1.98. The zero-order valence-electron chi connectivity index (χ0n) is 19.0. The Balaban J connectivity index is 1.92. The van der Waals surface area contributed by atoms with Gasteiger partial charge in [0.15, 0.2) is 16.3 Å². The highest BCUT2D eigenvalue weighted by molar-refractivity contribution is 7.10. The van der Waals surface area contributed by atoms with E-state index in [0.29, 0.717) is 43.9 Å². The molecule has 1 aliphatic heterocycles. The standard InChI is InChI=1S/C25H24N2O5S2/c1-5-8-16-11-15(12-17(31-4)22(16)28)13-19-23(29)27-21(18-9-7-10-33-18)20(24(30)32-6-2)14(3)26-25(27)34-19/h5,7,9-13,21,28H,1,6,8H2,2-4H3/b19-13-. The van der Waals surface area contributed by atoms with E-state index >= 15 is 0 Å². The smallest absolute Gasteiger partial charge is 0.338 e. The third kappa shape index (κ3) is 4.24. The van der Waals surface area contributed by atoms with E-state index in [0.717, 1.165) is 4.88 Å². The Morgan fingerprint density at radius 2 is 2.18 bits per heavy atom. The quantitative estimate of drug-likeness (QED) is 0.400. The Kier molecular flexibility index (Phi) is 6.85. The molecule has 0 amide bonds. The molecule has 176 valence electrons. The normalized spacial score (nSPS) is 15.6. The number of methoxy groups -OCH3 is 1. The largest absolute Gasteiger partial charge is 0.504 e. The molecule has 9 heteroatoms. The first-order valence-electron chi connectivity index (χ1n) is 10.6. The van der Waals surface area contributed by atoms with Crippen molar-refractivity contribution in [2.75, 3.05) is 13.7 Å². The van der Waals surface area contributed by atoms with Gasteiger partial charge in [0, 0.05) is 10.4 Å². The number of thiazole rings is 1. The zero-order valence-corrected chi connectivity index (χ0v) is 20.7. The van der Waals surface area contributed by atoms with E-state index in [1.807, 2.05) is 17.5 Å². The van der Waals surface area contributed by atoms with Crippen LogP contribution in [0.2, 0.25) is 0 Å². The SMILES string of the molecule is C=CCc1cc(/C=c2\sc3n(c2=O)C(c2cccs2)C(C(=O)OCC)=C(C)N=3)cc(OC)c1O. The molecule has 1 aliphatic rings. The second-order valence-electron chi connectivity index (χ2n) is 7.54. The maximum Gasteiger partial charge on any atom is 0.338 e. The molecule has 2 aromatic heterocycles. The maximum atomic E-state index is 13.6. The van der Waals surface area contributed by atoms with Crippen molar-refractivity contribution in [3.05, 3.63) is 89.3 Å². The van der Waals surface area contributed by atoms with Crippen LogP contribution in [-0.4, -0.2) is 29.4 Å². The minimum atomic E-state index is -0.608. The van der Waals surface area contributed by atoms with Crippen molar-refractivity contribution in [1.82, 2.24) is 4.57 Å².